The number of rotatable bonds is 7. The van der Waals surface area contributed by atoms with E-state index in [0.29, 0.717) is 41.7 Å². The number of imide groups is 1. The number of nitrogens with one attached hydrogen (secondary N) is 4. The van der Waals surface area contributed by atoms with Gasteiger partial charge in [-0.2, -0.15) is 0 Å². The molecule has 4 aliphatic heterocycles. The van der Waals surface area contributed by atoms with E-state index in [4.69, 9.17) is 23.2 Å². The third-order valence-electron chi connectivity index (χ3n) is 13.8. The Hall–Kier alpha value is -4.30. The number of amides is 5. The van der Waals surface area contributed by atoms with Gasteiger partial charge in [-0.05, 0) is 85.9 Å². The van der Waals surface area contributed by atoms with Gasteiger partial charge in [0, 0.05) is 73.9 Å². The fraction of sp³-hybridized carbons (Fsp3) is 0.512. The Morgan fingerprint density at radius 2 is 1.69 bits per heavy atom. The molecule has 9 rings (SSSR count). The van der Waals surface area contributed by atoms with Crippen molar-refractivity contribution in [2.75, 3.05) is 54.4 Å². The fourth-order valence-electron chi connectivity index (χ4n) is 11.1. The number of fused-ring (bicyclic) bond motifs is 3. The van der Waals surface area contributed by atoms with E-state index in [9.17, 15) is 19.2 Å². The molecule has 0 radical (unpaired) electrons. The van der Waals surface area contributed by atoms with E-state index in [-0.39, 0.29) is 40.8 Å². The van der Waals surface area contributed by atoms with Gasteiger partial charge in [-0.15, -0.1) is 0 Å². The molecule has 5 heterocycles. The van der Waals surface area contributed by atoms with Crippen LogP contribution in [0.5, 0.6) is 0 Å². The van der Waals surface area contributed by atoms with Crippen molar-refractivity contribution in [1.82, 2.24) is 25.8 Å². The molecule has 12 nitrogen and oxygen atoms in total. The number of anilines is 3. The Balaban J connectivity index is 0.853. The smallest absolute Gasteiger partial charge is 0.328 e. The lowest BCUT2D eigenvalue weighted by Crippen LogP contribution is -2.60. The number of carbonyl (C=O) groups excluding carboxylic acids is 4. The predicted molar refractivity (Wildman–Crippen MR) is 221 cm³/mol. The van der Waals surface area contributed by atoms with Crippen molar-refractivity contribution in [3.63, 3.8) is 0 Å². The molecule has 15 heteroatoms. The first kappa shape index (κ1) is 39.2. The van der Waals surface area contributed by atoms with E-state index in [1.807, 2.05) is 18.2 Å². The van der Waals surface area contributed by atoms with Gasteiger partial charge in [0.1, 0.15) is 17.1 Å². The Morgan fingerprint density at radius 3 is 2.41 bits per heavy atom. The summed E-state index contributed by atoms with van der Waals surface area (Å²) < 4.78 is 16.3. The second-order valence-electron chi connectivity index (χ2n) is 17.0. The normalized spacial score (nSPS) is 28.4. The van der Waals surface area contributed by atoms with Crippen LogP contribution in [-0.2, 0) is 19.8 Å². The van der Waals surface area contributed by atoms with Gasteiger partial charge < -0.3 is 15.5 Å². The van der Waals surface area contributed by atoms with Crippen LogP contribution in [0.2, 0.25) is 10.0 Å². The number of urea groups is 1. The number of hydrogen-bond acceptors (Lipinski definition) is 8. The summed E-state index contributed by atoms with van der Waals surface area (Å²) in [7, 11) is 0. The molecule has 2 aromatic carbocycles. The summed E-state index contributed by atoms with van der Waals surface area (Å²) in [6.45, 7) is 4.86. The van der Waals surface area contributed by atoms with Gasteiger partial charge >= 0.3 is 6.03 Å². The molecule has 2 spiro atoms. The number of halogens is 3. The van der Waals surface area contributed by atoms with Gasteiger partial charge in [0.25, 0.3) is 0 Å². The lowest BCUT2D eigenvalue weighted by atomic mass is 9.55. The minimum Gasteiger partial charge on any atom is -0.354 e. The van der Waals surface area contributed by atoms with Gasteiger partial charge in [-0.3, -0.25) is 34.8 Å². The molecule has 6 aliphatic rings. The van der Waals surface area contributed by atoms with E-state index >= 15 is 4.39 Å². The maximum absolute atomic E-state index is 16.3. The van der Waals surface area contributed by atoms with Gasteiger partial charge in [-0.25, -0.2) is 14.2 Å². The van der Waals surface area contributed by atoms with Crippen molar-refractivity contribution in [3.8, 4) is 0 Å². The molecule has 3 atom stereocenters. The van der Waals surface area contributed by atoms with Crippen molar-refractivity contribution in [3.05, 3.63) is 81.7 Å². The Kier molecular flexibility index (Phi) is 10.6. The topological polar surface area (TPSA) is 139 Å². The minimum atomic E-state index is -1.25. The van der Waals surface area contributed by atoms with Crippen LogP contribution in [0, 0.1) is 11.7 Å². The molecule has 0 bridgehead atoms. The first-order valence-corrected chi connectivity index (χ1v) is 21.5. The molecular weight excluding hydrogens is 782 g/mol. The predicted octanol–water partition coefficient (Wildman–Crippen LogP) is 6.12. The SMILES string of the molecule is O=C1CCN(c2ccc(N3CCN(CC4CCC(NC(=O)[C@@H]5NC6(CCCCC6)[C@@]6(C(=O)Nc7cc(Cl)ccc76)[C@H]5c5cccc(Cl)c5F)CC4)CC3)nc2)C(=O)N1. The fourth-order valence-corrected chi connectivity index (χ4v) is 11.4. The van der Waals surface area contributed by atoms with Gasteiger partial charge in [0.05, 0.1) is 22.9 Å². The van der Waals surface area contributed by atoms with Crippen LogP contribution < -0.4 is 31.1 Å². The molecule has 58 heavy (non-hydrogen) atoms. The standard InChI is InChI=1S/C43H49Cl2FN8O4/c44-27-9-13-31-33(23-27)49-40(57)43(31)36(30-5-4-6-32(45)37(30)46)38(51-42(43)16-2-1-3-17-42)39(56)48-28-10-7-26(8-11-28)25-52-19-21-53(22-20-52)34-14-12-29(24-47-34)54-18-15-35(55)50-41(54)58/h4-6,9,12-14,23-24,26,28,36,38,51H,1-3,7-8,10-11,15-22,25H2,(H,48,56)(H,49,57)(H,50,55,58)/t26?,28?,36-,38+,43+/m0/s1. The second-order valence-corrected chi connectivity index (χ2v) is 17.8. The van der Waals surface area contributed by atoms with Gasteiger partial charge in [-0.1, -0.05) is 60.7 Å². The van der Waals surface area contributed by atoms with Crippen molar-refractivity contribution in [2.24, 2.45) is 5.92 Å². The monoisotopic (exact) mass is 830 g/mol. The largest absolute Gasteiger partial charge is 0.354 e. The molecule has 3 aromatic rings. The van der Waals surface area contributed by atoms with Crippen LogP contribution in [0.15, 0.2) is 54.7 Å². The van der Waals surface area contributed by atoms with Crippen LogP contribution in [-0.4, -0.2) is 90.5 Å². The first-order valence-electron chi connectivity index (χ1n) is 20.7. The average molecular weight is 832 g/mol. The van der Waals surface area contributed by atoms with E-state index < -0.39 is 34.8 Å². The van der Waals surface area contributed by atoms with Crippen LogP contribution in [0.4, 0.5) is 26.4 Å². The molecule has 306 valence electrons. The van der Waals surface area contributed by atoms with Gasteiger partial charge in [0.15, 0.2) is 0 Å². The van der Waals surface area contributed by atoms with Crippen LogP contribution >= 0.6 is 23.2 Å². The molecule has 2 saturated carbocycles. The number of pyridine rings is 1. The maximum Gasteiger partial charge on any atom is 0.328 e. The highest BCUT2D eigenvalue weighted by Crippen LogP contribution is 2.62. The van der Waals surface area contributed by atoms with Crippen molar-refractivity contribution in [1.29, 1.82) is 0 Å². The van der Waals surface area contributed by atoms with Crippen LogP contribution in [0.25, 0.3) is 0 Å². The lowest BCUT2D eigenvalue weighted by molar-refractivity contribution is -0.125. The average Bonchev–Trinajstić information content (AvgIpc) is 3.67. The van der Waals surface area contributed by atoms with Crippen molar-refractivity contribution >= 4 is 64.1 Å². The molecule has 5 amide bonds. The molecule has 4 N–H and O–H groups in total. The molecular formula is C43H49Cl2FN8O4. The van der Waals surface area contributed by atoms with Crippen LogP contribution in [0.3, 0.4) is 0 Å². The zero-order valence-corrected chi connectivity index (χ0v) is 33.9. The molecule has 1 aromatic heterocycles. The maximum atomic E-state index is 16.3. The highest BCUT2D eigenvalue weighted by atomic mass is 35.5. The number of benzene rings is 2. The van der Waals surface area contributed by atoms with Crippen LogP contribution in [0.1, 0.15) is 81.3 Å². The highest BCUT2D eigenvalue weighted by Gasteiger charge is 2.72. The summed E-state index contributed by atoms with van der Waals surface area (Å²) in [5.74, 6) is -0.782. The Morgan fingerprint density at radius 1 is 0.914 bits per heavy atom. The number of carbonyl (C=O) groups is 4. The number of nitrogens with zero attached hydrogens (tertiary/aromatic N) is 4. The summed E-state index contributed by atoms with van der Waals surface area (Å²) in [5, 5.41) is 13.0. The first-order chi connectivity index (χ1) is 28.1. The molecule has 3 saturated heterocycles. The third-order valence-corrected chi connectivity index (χ3v) is 14.3. The summed E-state index contributed by atoms with van der Waals surface area (Å²) in [6.07, 6.45) is 9.78. The summed E-state index contributed by atoms with van der Waals surface area (Å²) in [4.78, 5) is 64.0. The summed E-state index contributed by atoms with van der Waals surface area (Å²) in [6, 6.07) is 12.8. The Labute approximate surface area is 347 Å². The van der Waals surface area contributed by atoms with E-state index in [1.165, 1.54) is 11.0 Å². The van der Waals surface area contributed by atoms with E-state index in [2.05, 4.69) is 36.1 Å². The van der Waals surface area contributed by atoms with E-state index in [0.717, 1.165) is 89.1 Å². The highest BCUT2D eigenvalue weighted by molar-refractivity contribution is 6.31. The molecule has 0 unspecified atom stereocenters. The summed E-state index contributed by atoms with van der Waals surface area (Å²) in [5.41, 5.74) is 0.259. The molecule has 2 aliphatic carbocycles. The second kappa shape index (κ2) is 15.7. The zero-order chi connectivity index (χ0) is 40.2. The number of hydrogen-bond donors (Lipinski definition) is 4. The minimum absolute atomic E-state index is 0.0276. The third kappa shape index (κ3) is 6.81. The zero-order valence-electron chi connectivity index (χ0n) is 32.4. The lowest BCUT2D eigenvalue weighted by Gasteiger charge is -2.47. The number of aromatic nitrogens is 1. The number of piperazine rings is 1. The summed E-state index contributed by atoms with van der Waals surface area (Å²) >= 11 is 12.8. The molecule has 5 fully saturated rings. The van der Waals surface area contributed by atoms with E-state index in [1.54, 1.807) is 30.5 Å². The Bertz CT molecular complexity index is 2100. The van der Waals surface area contributed by atoms with Crippen molar-refractivity contribution < 1.29 is 23.6 Å². The quantitative estimate of drug-likeness (QED) is 0.224. The van der Waals surface area contributed by atoms with Crippen molar-refractivity contribution in [2.45, 2.75) is 93.2 Å². The van der Waals surface area contributed by atoms with Gasteiger partial charge in [0.2, 0.25) is 17.7 Å².